The molecule has 0 aliphatic carbocycles. The van der Waals surface area contributed by atoms with Crippen LogP contribution in [0.15, 0.2) is 0 Å². The van der Waals surface area contributed by atoms with Crippen molar-refractivity contribution in [2.45, 2.75) is 38.8 Å². The highest BCUT2D eigenvalue weighted by atomic mass is 32.2. The maximum absolute atomic E-state index is 11.2. The molecule has 0 amide bonds. The van der Waals surface area contributed by atoms with E-state index in [1.807, 2.05) is 0 Å². The van der Waals surface area contributed by atoms with Gasteiger partial charge in [0.2, 0.25) is 0 Å². The first-order chi connectivity index (χ1) is 7.03. The maximum atomic E-state index is 11.2. The molecule has 90 valence electrons. The lowest BCUT2D eigenvalue weighted by atomic mass is 10.0. The van der Waals surface area contributed by atoms with Gasteiger partial charge in [-0.2, -0.15) is 0 Å². The summed E-state index contributed by atoms with van der Waals surface area (Å²) in [6, 6.07) is 0.417. The van der Waals surface area contributed by atoms with Crippen LogP contribution in [-0.4, -0.2) is 45.2 Å². The van der Waals surface area contributed by atoms with Gasteiger partial charge in [0.1, 0.15) is 0 Å². The molecule has 1 rings (SSSR count). The van der Waals surface area contributed by atoms with Gasteiger partial charge in [-0.3, -0.25) is 0 Å². The number of rotatable bonds is 5. The summed E-state index contributed by atoms with van der Waals surface area (Å²) in [6.45, 7) is 5.08. The molecule has 0 aromatic rings. The zero-order valence-electron chi connectivity index (χ0n) is 9.53. The third kappa shape index (κ3) is 4.95. The van der Waals surface area contributed by atoms with E-state index < -0.39 is 9.84 Å². The average Bonchev–Trinajstić information content (AvgIpc) is 2.18. The van der Waals surface area contributed by atoms with Crippen molar-refractivity contribution in [3.63, 3.8) is 0 Å². The zero-order valence-corrected chi connectivity index (χ0v) is 10.3. The van der Waals surface area contributed by atoms with E-state index in [4.69, 9.17) is 4.74 Å². The van der Waals surface area contributed by atoms with E-state index in [-0.39, 0.29) is 11.5 Å². The lowest BCUT2D eigenvalue weighted by Gasteiger charge is -2.28. The Kier molecular flexibility index (Phi) is 5.02. The number of hydrogen-bond acceptors (Lipinski definition) is 4. The molecule has 1 saturated heterocycles. The molecule has 0 aromatic heterocycles. The molecule has 4 nitrogen and oxygen atoms in total. The first kappa shape index (κ1) is 12.9. The summed E-state index contributed by atoms with van der Waals surface area (Å²) >= 11 is 0. The van der Waals surface area contributed by atoms with Gasteiger partial charge in [-0.15, -0.1) is 0 Å². The highest BCUT2D eigenvalue weighted by Gasteiger charge is 2.19. The van der Waals surface area contributed by atoms with Gasteiger partial charge in [-0.05, 0) is 19.8 Å². The topological polar surface area (TPSA) is 55.4 Å². The quantitative estimate of drug-likeness (QED) is 0.757. The van der Waals surface area contributed by atoms with Crippen molar-refractivity contribution >= 4 is 9.84 Å². The molecule has 2 unspecified atom stereocenters. The fraction of sp³-hybridized carbons (Fsp3) is 1.00. The Balaban J connectivity index is 2.20. The van der Waals surface area contributed by atoms with Gasteiger partial charge in [-0.1, -0.05) is 6.92 Å². The number of sulfone groups is 1. The van der Waals surface area contributed by atoms with Crippen LogP contribution in [0.2, 0.25) is 0 Å². The normalized spacial score (nSPS) is 27.9. The molecule has 15 heavy (non-hydrogen) atoms. The molecule has 5 heteroatoms. The van der Waals surface area contributed by atoms with Gasteiger partial charge in [0, 0.05) is 24.9 Å². The SMILES string of the molecule is CCS(=O)(=O)CCNC1CCOC(C)C1. The zero-order chi connectivity index (χ0) is 11.3. The molecule has 0 radical (unpaired) electrons. The van der Waals surface area contributed by atoms with Gasteiger partial charge < -0.3 is 10.1 Å². The van der Waals surface area contributed by atoms with Crippen molar-refractivity contribution in [3.8, 4) is 0 Å². The molecule has 1 aliphatic heterocycles. The summed E-state index contributed by atoms with van der Waals surface area (Å²) in [7, 11) is -2.83. The third-order valence-electron chi connectivity index (χ3n) is 2.77. The van der Waals surface area contributed by atoms with Gasteiger partial charge in [-0.25, -0.2) is 8.42 Å². The Morgan fingerprint density at radius 2 is 2.20 bits per heavy atom. The minimum atomic E-state index is -2.83. The Hall–Kier alpha value is -0.130. The van der Waals surface area contributed by atoms with Crippen molar-refractivity contribution < 1.29 is 13.2 Å². The molecule has 0 aromatic carbocycles. The highest BCUT2D eigenvalue weighted by Crippen LogP contribution is 2.12. The summed E-state index contributed by atoms with van der Waals surface area (Å²) in [5.74, 6) is 0.480. The van der Waals surface area contributed by atoms with Crippen LogP contribution in [-0.2, 0) is 14.6 Å². The molecule has 1 N–H and O–H groups in total. The molecule has 1 heterocycles. The van der Waals surface area contributed by atoms with Crippen LogP contribution >= 0.6 is 0 Å². The van der Waals surface area contributed by atoms with Gasteiger partial charge >= 0.3 is 0 Å². The number of nitrogens with one attached hydrogen (secondary N) is 1. The molecule has 0 saturated carbocycles. The molecule has 0 bridgehead atoms. The summed E-state index contributed by atoms with van der Waals surface area (Å²) in [5.41, 5.74) is 0. The second-order valence-electron chi connectivity index (χ2n) is 4.09. The number of hydrogen-bond donors (Lipinski definition) is 1. The maximum Gasteiger partial charge on any atom is 0.151 e. The summed E-state index contributed by atoms with van der Waals surface area (Å²) in [6.07, 6.45) is 2.25. The molecule has 1 aliphatic rings. The lowest BCUT2D eigenvalue weighted by Crippen LogP contribution is -2.40. The molecular formula is C10H21NO3S. The van der Waals surface area contributed by atoms with E-state index in [1.54, 1.807) is 6.92 Å². The Morgan fingerprint density at radius 1 is 1.47 bits per heavy atom. The van der Waals surface area contributed by atoms with Crippen LogP contribution < -0.4 is 5.32 Å². The predicted molar refractivity (Wildman–Crippen MR) is 60.8 cm³/mol. The Bertz CT molecular complexity index is 276. The summed E-state index contributed by atoms with van der Waals surface area (Å²) in [5, 5.41) is 3.28. The van der Waals surface area contributed by atoms with Crippen LogP contribution in [0.5, 0.6) is 0 Å². The third-order valence-corrected chi connectivity index (χ3v) is 4.48. The van der Waals surface area contributed by atoms with Gasteiger partial charge in [0.25, 0.3) is 0 Å². The smallest absolute Gasteiger partial charge is 0.151 e. The van der Waals surface area contributed by atoms with Crippen LogP contribution in [0.25, 0.3) is 0 Å². The van der Waals surface area contributed by atoms with E-state index in [0.29, 0.717) is 18.7 Å². The van der Waals surface area contributed by atoms with Crippen molar-refractivity contribution in [2.24, 2.45) is 0 Å². The van der Waals surface area contributed by atoms with Crippen molar-refractivity contribution in [1.82, 2.24) is 5.32 Å². The Labute approximate surface area is 92.3 Å². The van der Waals surface area contributed by atoms with E-state index in [9.17, 15) is 8.42 Å². The first-order valence-electron chi connectivity index (χ1n) is 5.59. The fourth-order valence-electron chi connectivity index (χ4n) is 1.75. The summed E-state index contributed by atoms with van der Waals surface area (Å²) in [4.78, 5) is 0. The highest BCUT2D eigenvalue weighted by molar-refractivity contribution is 7.91. The van der Waals surface area contributed by atoms with Crippen molar-refractivity contribution in [1.29, 1.82) is 0 Å². The standard InChI is InChI=1S/C10H21NO3S/c1-3-15(12,13)7-5-11-10-4-6-14-9(2)8-10/h9-11H,3-8H2,1-2H3. The summed E-state index contributed by atoms with van der Waals surface area (Å²) < 4.78 is 27.9. The Morgan fingerprint density at radius 3 is 2.80 bits per heavy atom. The van der Waals surface area contributed by atoms with Gasteiger partial charge in [0.15, 0.2) is 9.84 Å². The van der Waals surface area contributed by atoms with Gasteiger partial charge in [0.05, 0.1) is 11.9 Å². The average molecular weight is 235 g/mol. The van der Waals surface area contributed by atoms with E-state index in [1.165, 1.54) is 0 Å². The molecule has 2 atom stereocenters. The van der Waals surface area contributed by atoms with Crippen LogP contribution in [0.1, 0.15) is 26.7 Å². The van der Waals surface area contributed by atoms with E-state index in [2.05, 4.69) is 12.2 Å². The van der Waals surface area contributed by atoms with Crippen molar-refractivity contribution in [2.75, 3.05) is 24.7 Å². The monoisotopic (exact) mass is 235 g/mol. The molecule has 1 fully saturated rings. The number of ether oxygens (including phenoxy) is 1. The van der Waals surface area contributed by atoms with E-state index in [0.717, 1.165) is 19.4 Å². The molecule has 0 spiro atoms. The second-order valence-corrected chi connectivity index (χ2v) is 6.57. The minimum Gasteiger partial charge on any atom is -0.378 e. The minimum absolute atomic E-state index is 0.235. The van der Waals surface area contributed by atoms with E-state index >= 15 is 0 Å². The van der Waals surface area contributed by atoms with Crippen LogP contribution in [0.3, 0.4) is 0 Å². The second kappa shape index (κ2) is 5.82. The van der Waals surface area contributed by atoms with Crippen LogP contribution in [0, 0.1) is 0 Å². The first-order valence-corrected chi connectivity index (χ1v) is 7.41. The largest absolute Gasteiger partial charge is 0.378 e. The molecular weight excluding hydrogens is 214 g/mol. The predicted octanol–water partition coefficient (Wildman–Crippen LogP) is 0.578. The fourth-order valence-corrected chi connectivity index (χ4v) is 2.46. The lowest BCUT2D eigenvalue weighted by molar-refractivity contribution is 0.0137. The van der Waals surface area contributed by atoms with Crippen molar-refractivity contribution in [3.05, 3.63) is 0 Å². The van der Waals surface area contributed by atoms with Crippen LogP contribution in [0.4, 0.5) is 0 Å².